The first kappa shape index (κ1) is 12.7. The van der Waals surface area contributed by atoms with Gasteiger partial charge in [0.25, 0.3) is 0 Å². The van der Waals surface area contributed by atoms with E-state index < -0.39 is 0 Å². The molecule has 0 saturated heterocycles. The van der Waals surface area contributed by atoms with E-state index in [-0.39, 0.29) is 3.84 Å². The molecule has 0 aliphatic heterocycles. The van der Waals surface area contributed by atoms with Crippen molar-refractivity contribution in [3.8, 4) is 0 Å². The molecule has 1 fully saturated rings. The Kier molecular flexibility index (Phi) is 6.40. The van der Waals surface area contributed by atoms with Gasteiger partial charge >= 0.3 is 101 Å². The van der Waals surface area contributed by atoms with E-state index in [1.807, 2.05) is 0 Å². The van der Waals surface area contributed by atoms with Gasteiger partial charge in [-0.15, -0.1) is 0 Å². The Morgan fingerprint density at radius 3 is 1.29 bits per heavy atom. The van der Waals surface area contributed by atoms with Crippen LogP contribution in [0.4, 0.5) is 0 Å². The first-order chi connectivity index (χ1) is 6.71. The van der Waals surface area contributed by atoms with Crippen molar-refractivity contribution >= 4 is 0 Å². The van der Waals surface area contributed by atoms with Gasteiger partial charge < -0.3 is 0 Å². The van der Waals surface area contributed by atoms with Gasteiger partial charge in [-0.2, -0.15) is 0 Å². The van der Waals surface area contributed by atoms with Gasteiger partial charge in [0.05, 0.1) is 0 Å². The molecular formula is C12H24NTi. The second-order valence-corrected chi connectivity index (χ2v) is 6.39. The van der Waals surface area contributed by atoms with Gasteiger partial charge in [-0.1, -0.05) is 0 Å². The minimum atomic E-state index is 0.124. The molecule has 1 saturated carbocycles. The zero-order valence-electron chi connectivity index (χ0n) is 9.36. The number of hydrogen-bond acceptors (Lipinski definition) is 1. The van der Waals surface area contributed by atoms with Crippen molar-refractivity contribution in [2.24, 2.45) is 5.73 Å². The van der Waals surface area contributed by atoms with Crippen LogP contribution in [-0.4, -0.2) is 3.84 Å². The average molecular weight is 230 g/mol. The van der Waals surface area contributed by atoms with Crippen molar-refractivity contribution in [1.82, 2.24) is 0 Å². The van der Waals surface area contributed by atoms with Gasteiger partial charge in [-0.05, 0) is 0 Å². The normalized spacial score (nSPS) is 26.0. The molecule has 1 rings (SSSR count). The van der Waals surface area contributed by atoms with Crippen molar-refractivity contribution in [2.45, 2.75) is 74.5 Å². The van der Waals surface area contributed by atoms with Crippen molar-refractivity contribution in [3.05, 3.63) is 0 Å². The summed E-state index contributed by atoms with van der Waals surface area (Å²) in [4.78, 5) is 0. The zero-order valence-corrected chi connectivity index (χ0v) is 10.9. The van der Waals surface area contributed by atoms with Crippen LogP contribution < -0.4 is 5.73 Å². The molecule has 0 aromatic rings. The van der Waals surface area contributed by atoms with Crippen molar-refractivity contribution in [3.63, 3.8) is 0 Å². The maximum atomic E-state index is 6.26. The van der Waals surface area contributed by atoms with E-state index in [2.05, 4.69) is 20.4 Å². The molecule has 1 aliphatic rings. The quantitative estimate of drug-likeness (QED) is 0.633. The van der Waals surface area contributed by atoms with E-state index in [4.69, 9.17) is 5.73 Å². The molecule has 0 spiro atoms. The van der Waals surface area contributed by atoms with Crippen LogP contribution in [0, 0.1) is 0 Å². The average Bonchev–Trinajstić information content (AvgIpc) is 2.11. The standard InChI is InChI=1S/C12H24N.Ti/c13-12-10-8-6-4-2-1-3-5-7-9-11-12;/h1-11,13H2;. The molecule has 2 N–H and O–H groups in total. The summed E-state index contributed by atoms with van der Waals surface area (Å²) in [5.74, 6) is 0. The third kappa shape index (κ3) is 6.21. The van der Waals surface area contributed by atoms with Crippen molar-refractivity contribution in [1.29, 1.82) is 0 Å². The Hall–Kier alpha value is 0.674. The molecule has 0 radical (unpaired) electrons. The van der Waals surface area contributed by atoms with Gasteiger partial charge in [-0.3, -0.25) is 0 Å². The second-order valence-electron chi connectivity index (χ2n) is 4.84. The molecule has 0 bridgehead atoms. The molecule has 0 atom stereocenters. The summed E-state index contributed by atoms with van der Waals surface area (Å²) in [7, 11) is 0. The second kappa shape index (κ2) is 7.03. The molecule has 1 nitrogen and oxygen atoms in total. The zero-order chi connectivity index (χ0) is 10.3. The summed E-state index contributed by atoms with van der Waals surface area (Å²) in [6.07, 6.45) is 15.1. The molecule has 1 aliphatic carbocycles. The van der Waals surface area contributed by atoms with Crippen LogP contribution >= 0.6 is 0 Å². The van der Waals surface area contributed by atoms with Crippen LogP contribution in [0.25, 0.3) is 0 Å². The molecule has 0 aromatic carbocycles. The van der Waals surface area contributed by atoms with Crippen LogP contribution in [0.2, 0.25) is 0 Å². The van der Waals surface area contributed by atoms with E-state index >= 15 is 0 Å². The number of nitrogens with two attached hydrogens (primary N) is 1. The maximum absolute atomic E-state index is 6.26. The van der Waals surface area contributed by atoms with Crippen LogP contribution in [0.5, 0.6) is 0 Å². The summed E-state index contributed by atoms with van der Waals surface area (Å²) in [6, 6.07) is 0. The van der Waals surface area contributed by atoms with Gasteiger partial charge in [-0.25, -0.2) is 0 Å². The van der Waals surface area contributed by atoms with Crippen LogP contribution in [0.3, 0.4) is 0 Å². The predicted octanol–water partition coefficient (Wildman–Crippen LogP) is 3.49. The summed E-state index contributed by atoms with van der Waals surface area (Å²) in [5.41, 5.74) is 6.26. The monoisotopic (exact) mass is 230 g/mol. The predicted molar refractivity (Wildman–Crippen MR) is 57.7 cm³/mol. The third-order valence-corrected chi connectivity index (χ3v) is 4.03. The van der Waals surface area contributed by atoms with Crippen LogP contribution in [0.1, 0.15) is 70.6 Å². The molecule has 2 heteroatoms. The van der Waals surface area contributed by atoms with E-state index in [1.165, 1.54) is 70.6 Å². The van der Waals surface area contributed by atoms with E-state index in [1.54, 1.807) is 0 Å². The fourth-order valence-electron chi connectivity index (χ4n) is 2.24. The van der Waals surface area contributed by atoms with Crippen molar-refractivity contribution < 1.29 is 20.4 Å². The Morgan fingerprint density at radius 2 is 0.929 bits per heavy atom. The molecule has 81 valence electrons. The SMILES string of the molecule is N[C]1([Ti])CCCCCCCCCCC1. The Labute approximate surface area is 101 Å². The fraction of sp³-hybridized carbons (Fsp3) is 1.00. The number of rotatable bonds is 0. The number of hydrogen-bond donors (Lipinski definition) is 1. The first-order valence-corrected chi connectivity index (χ1v) is 7.03. The van der Waals surface area contributed by atoms with Crippen molar-refractivity contribution in [2.75, 3.05) is 0 Å². The van der Waals surface area contributed by atoms with Crippen LogP contribution in [0.15, 0.2) is 0 Å². The molecule has 0 aromatic heterocycles. The van der Waals surface area contributed by atoms with E-state index in [0.29, 0.717) is 0 Å². The molecule has 0 unspecified atom stereocenters. The summed E-state index contributed by atoms with van der Waals surface area (Å²) >= 11 is 2.23. The van der Waals surface area contributed by atoms with E-state index in [0.717, 1.165) is 0 Å². The summed E-state index contributed by atoms with van der Waals surface area (Å²) < 4.78 is 0.124. The third-order valence-electron chi connectivity index (χ3n) is 3.25. The Balaban J connectivity index is 2.24. The van der Waals surface area contributed by atoms with Gasteiger partial charge in [0.2, 0.25) is 0 Å². The first-order valence-electron chi connectivity index (χ1n) is 6.25. The fourth-order valence-corrected chi connectivity index (χ4v) is 2.80. The summed E-state index contributed by atoms with van der Waals surface area (Å²) in [6.45, 7) is 0. The van der Waals surface area contributed by atoms with E-state index in [9.17, 15) is 0 Å². The molecule has 0 amide bonds. The molecular weight excluding hydrogens is 206 g/mol. The van der Waals surface area contributed by atoms with Gasteiger partial charge in [0, 0.05) is 0 Å². The van der Waals surface area contributed by atoms with Gasteiger partial charge in [0.15, 0.2) is 0 Å². The molecule has 14 heavy (non-hydrogen) atoms. The Bertz CT molecular complexity index is 131. The topological polar surface area (TPSA) is 26.0 Å². The van der Waals surface area contributed by atoms with Crippen LogP contribution in [-0.2, 0) is 20.4 Å². The molecule has 0 heterocycles. The van der Waals surface area contributed by atoms with Gasteiger partial charge in [0.1, 0.15) is 0 Å². The minimum absolute atomic E-state index is 0.124. The summed E-state index contributed by atoms with van der Waals surface area (Å²) in [5, 5.41) is 0. The Morgan fingerprint density at radius 1 is 0.643 bits per heavy atom.